The number of benzene rings is 1. The lowest BCUT2D eigenvalue weighted by atomic mass is 10.2. The number of nitrogens with one attached hydrogen (secondary N) is 1. The van der Waals surface area contributed by atoms with Gasteiger partial charge in [-0.05, 0) is 23.8 Å². The van der Waals surface area contributed by atoms with Gasteiger partial charge in [0.15, 0.2) is 0 Å². The largest absolute Gasteiger partial charge is 0.445 e. The summed E-state index contributed by atoms with van der Waals surface area (Å²) in [6, 6.07) is 9.32. The molecule has 0 aliphatic heterocycles. The Morgan fingerprint density at radius 3 is 2.73 bits per heavy atom. The minimum atomic E-state index is -4.46. The molecular formula is C13H10F3N5S. The van der Waals surface area contributed by atoms with Crippen molar-refractivity contribution in [3.63, 3.8) is 0 Å². The summed E-state index contributed by atoms with van der Waals surface area (Å²) in [6.45, 7) is 0.349. The molecule has 0 saturated carbocycles. The van der Waals surface area contributed by atoms with Crippen LogP contribution in [0.2, 0.25) is 0 Å². The van der Waals surface area contributed by atoms with Crippen molar-refractivity contribution in [1.29, 1.82) is 0 Å². The highest BCUT2D eigenvalue weighted by Crippen LogP contribution is 2.33. The minimum absolute atomic E-state index is 0.136. The molecule has 5 nitrogen and oxygen atoms in total. The van der Waals surface area contributed by atoms with E-state index in [2.05, 4.69) is 20.6 Å². The number of aromatic nitrogens is 4. The molecule has 0 bridgehead atoms. The summed E-state index contributed by atoms with van der Waals surface area (Å²) in [5.74, 6) is 0. The molecule has 0 aliphatic rings. The molecule has 0 spiro atoms. The summed E-state index contributed by atoms with van der Waals surface area (Å²) >= 11 is 0.485. The van der Waals surface area contributed by atoms with Gasteiger partial charge in [0.25, 0.3) is 0 Å². The Bertz CT molecular complexity index is 751. The van der Waals surface area contributed by atoms with Gasteiger partial charge in [0.1, 0.15) is 0 Å². The molecule has 0 unspecified atom stereocenters. The molecule has 1 aromatic carbocycles. The maximum atomic E-state index is 12.4. The maximum Gasteiger partial charge on any atom is 0.445 e. The number of halogens is 3. The fourth-order valence-corrected chi connectivity index (χ4v) is 2.42. The van der Waals surface area contributed by atoms with Gasteiger partial charge in [-0.1, -0.05) is 23.5 Å². The fourth-order valence-electron chi connectivity index (χ4n) is 1.82. The summed E-state index contributed by atoms with van der Waals surface area (Å²) < 4.78 is 39.0. The van der Waals surface area contributed by atoms with E-state index in [-0.39, 0.29) is 5.13 Å². The summed E-state index contributed by atoms with van der Waals surface area (Å²) in [5.41, 5.74) is 1.77. The molecular weight excluding hydrogens is 315 g/mol. The number of nitrogens with zero attached hydrogens (tertiary/aromatic N) is 4. The van der Waals surface area contributed by atoms with Crippen LogP contribution in [0.25, 0.3) is 5.69 Å². The van der Waals surface area contributed by atoms with Crippen molar-refractivity contribution in [3.8, 4) is 5.69 Å². The zero-order valence-corrected chi connectivity index (χ0v) is 11.9. The highest BCUT2D eigenvalue weighted by Gasteiger charge is 2.35. The molecule has 3 rings (SSSR count). The van der Waals surface area contributed by atoms with Gasteiger partial charge in [0, 0.05) is 18.9 Å². The lowest BCUT2D eigenvalue weighted by Crippen LogP contribution is -2.03. The van der Waals surface area contributed by atoms with Crippen LogP contribution in [0.1, 0.15) is 10.6 Å². The summed E-state index contributed by atoms with van der Waals surface area (Å²) in [4.78, 5) is 0. The first-order valence-corrected chi connectivity index (χ1v) is 7.07. The van der Waals surface area contributed by atoms with E-state index in [9.17, 15) is 13.2 Å². The van der Waals surface area contributed by atoms with E-state index in [1.165, 1.54) is 0 Å². The average molecular weight is 325 g/mol. The number of anilines is 1. The van der Waals surface area contributed by atoms with Crippen molar-refractivity contribution >= 4 is 16.5 Å². The second kappa shape index (κ2) is 5.76. The lowest BCUT2D eigenvalue weighted by molar-refractivity contribution is -0.138. The van der Waals surface area contributed by atoms with E-state index < -0.39 is 11.2 Å². The summed E-state index contributed by atoms with van der Waals surface area (Å²) in [6.07, 6.45) is -0.977. The van der Waals surface area contributed by atoms with Crippen LogP contribution in [-0.2, 0) is 12.7 Å². The SMILES string of the molecule is FC(F)(F)c1nnc(NCc2cccc(-n3cccn3)c2)s1. The smallest absolute Gasteiger partial charge is 0.356 e. The molecule has 114 valence electrons. The molecule has 3 aromatic rings. The maximum absolute atomic E-state index is 12.4. The van der Waals surface area contributed by atoms with E-state index in [1.807, 2.05) is 36.5 Å². The number of hydrogen-bond acceptors (Lipinski definition) is 5. The van der Waals surface area contributed by atoms with E-state index in [0.717, 1.165) is 11.3 Å². The Labute approximate surface area is 127 Å². The van der Waals surface area contributed by atoms with Gasteiger partial charge in [-0.2, -0.15) is 18.3 Å². The molecule has 0 radical (unpaired) electrons. The summed E-state index contributed by atoms with van der Waals surface area (Å²) in [5, 5.41) is 12.8. The normalized spacial score (nSPS) is 11.6. The molecule has 0 aliphatic carbocycles. The number of alkyl halides is 3. The van der Waals surface area contributed by atoms with E-state index in [0.29, 0.717) is 17.9 Å². The van der Waals surface area contributed by atoms with Crippen molar-refractivity contribution in [3.05, 3.63) is 53.3 Å². The third-order valence-electron chi connectivity index (χ3n) is 2.79. The third-order valence-corrected chi connectivity index (χ3v) is 3.72. The van der Waals surface area contributed by atoms with E-state index in [4.69, 9.17) is 0 Å². The first-order chi connectivity index (χ1) is 10.5. The van der Waals surface area contributed by atoms with E-state index >= 15 is 0 Å². The van der Waals surface area contributed by atoms with Gasteiger partial charge >= 0.3 is 6.18 Å². The van der Waals surface area contributed by atoms with Gasteiger partial charge in [-0.15, -0.1) is 10.2 Å². The predicted octanol–water partition coefficient (Wildman–Crippen LogP) is 3.35. The molecule has 0 saturated heterocycles. The predicted molar refractivity (Wildman–Crippen MR) is 75.8 cm³/mol. The first kappa shape index (κ1) is 14.5. The van der Waals surface area contributed by atoms with Gasteiger partial charge in [-0.25, -0.2) is 4.68 Å². The van der Waals surface area contributed by atoms with Crippen LogP contribution in [-0.4, -0.2) is 20.0 Å². The Balaban J connectivity index is 1.69. The van der Waals surface area contributed by atoms with Crippen LogP contribution in [0.5, 0.6) is 0 Å². The zero-order chi connectivity index (χ0) is 15.6. The fraction of sp³-hybridized carbons (Fsp3) is 0.154. The molecule has 0 atom stereocenters. The van der Waals surface area contributed by atoms with Gasteiger partial charge in [0.05, 0.1) is 5.69 Å². The van der Waals surface area contributed by atoms with Crippen LogP contribution >= 0.6 is 11.3 Å². The van der Waals surface area contributed by atoms with Crippen LogP contribution < -0.4 is 5.32 Å². The Hall–Kier alpha value is -2.42. The topological polar surface area (TPSA) is 55.6 Å². The Kier molecular flexibility index (Phi) is 3.80. The highest BCUT2D eigenvalue weighted by atomic mass is 32.1. The second-order valence-electron chi connectivity index (χ2n) is 4.38. The van der Waals surface area contributed by atoms with Crippen molar-refractivity contribution in [2.75, 3.05) is 5.32 Å². The highest BCUT2D eigenvalue weighted by molar-refractivity contribution is 7.15. The van der Waals surface area contributed by atoms with Gasteiger partial charge < -0.3 is 5.32 Å². The molecule has 0 amide bonds. The van der Waals surface area contributed by atoms with Crippen molar-refractivity contribution in [2.45, 2.75) is 12.7 Å². The Morgan fingerprint density at radius 1 is 1.18 bits per heavy atom. The van der Waals surface area contributed by atoms with Crippen LogP contribution in [0.3, 0.4) is 0 Å². The van der Waals surface area contributed by atoms with Crippen LogP contribution in [0, 0.1) is 0 Å². The third kappa shape index (κ3) is 3.25. The first-order valence-electron chi connectivity index (χ1n) is 6.26. The molecule has 2 heterocycles. The van der Waals surface area contributed by atoms with Crippen molar-refractivity contribution in [2.24, 2.45) is 0 Å². The quantitative estimate of drug-likeness (QED) is 0.799. The van der Waals surface area contributed by atoms with Gasteiger partial charge in [-0.3, -0.25) is 0 Å². The molecule has 0 fully saturated rings. The van der Waals surface area contributed by atoms with E-state index in [1.54, 1.807) is 10.9 Å². The molecule has 22 heavy (non-hydrogen) atoms. The number of rotatable bonds is 4. The molecule has 9 heteroatoms. The second-order valence-corrected chi connectivity index (χ2v) is 5.36. The monoisotopic (exact) mass is 325 g/mol. The minimum Gasteiger partial charge on any atom is -0.356 e. The number of hydrogen-bond donors (Lipinski definition) is 1. The lowest BCUT2D eigenvalue weighted by Gasteiger charge is -2.06. The van der Waals surface area contributed by atoms with Crippen LogP contribution in [0.4, 0.5) is 18.3 Å². The van der Waals surface area contributed by atoms with Crippen molar-refractivity contribution < 1.29 is 13.2 Å². The molecule has 2 aromatic heterocycles. The summed E-state index contributed by atoms with van der Waals surface area (Å²) in [7, 11) is 0. The zero-order valence-electron chi connectivity index (χ0n) is 11.1. The standard InChI is InChI=1S/C13H10F3N5S/c14-13(15,16)11-19-20-12(22-11)17-8-9-3-1-4-10(7-9)21-6-2-5-18-21/h1-7H,8H2,(H,17,20). The average Bonchev–Trinajstić information content (AvgIpc) is 3.16. The van der Waals surface area contributed by atoms with Gasteiger partial charge in [0.2, 0.25) is 10.1 Å². The molecule has 1 N–H and O–H groups in total. The van der Waals surface area contributed by atoms with Crippen LogP contribution in [0.15, 0.2) is 42.7 Å². The Morgan fingerprint density at radius 2 is 2.05 bits per heavy atom. The van der Waals surface area contributed by atoms with Crippen molar-refractivity contribution in [1.82, 2.24) is 20.0 Å².